The highest BCUT2D eigenvalue weighted by Gasteiger charge is 2.32. The van der Waals surface area contributed by atoms with E-state index in [9.17, 15) is 9.18 Å². The minimum atomic E-state index is -0.360. The highest BCUT2D eigenvalue weighted by Crippen LogP contribution is 2.41. The molecule has 1 aromatic carbocycles. The number of carbonyl (C=O) groups is 1. The fourth-order valence-corrected chi connectivity index (χ4v) is 4.91. The van der Waals surface area contributed by atoms with Gasteiger partial charge in [-0.1, -0.05) is 0 Å². The number of hydrogen-bond donors (Lipinski definition) is 1. The molecule has 5 rings (SSSR count). The van der Waals surface area contributed by atoms with E-state index in [2.05, 4.69) is 20.2 Å². The predicted octanol–water partition coefficient (Wildman–Crippen LogP) is 3.22. The summed E-state index contributed by atoms with van der Waals surface area (Å²) in [5.41, 5.74) is 11.4. The van der Waals surface area contributed by atoms with Crippen molar-refractivity contribution in [2.75, 3.05) is 24.2 Å². The van der Waals surface area contributed by atoms with Gasteiger partial charge in [-0.15, -0.1) is 10.2 Å². The second-order valence-electron chi connectivity index (χ2n) is 8.63. The number of piperidine rings is 1. The number of halogens is 1. The van der Waals surface area contributed by atoms with Crippen LogP contribution in [-0.4, -0.2) is 44.4 Å². The molecule has 1 fully saturated rings. The van der Waals surface area contributed by atoms with E-state index in [1.807, 2.05) is 20.0 Å². The first-order chi connectivity index (χ1) is 15.3. The van der Waals surface area contributed by atoms with Crippen LogP contribution in [0.4, 0.5) is 15.9 Å². The normalized spacial score (nSPS) is 18.4. The SMILES string of the molecule is Cc1c2c(nn1C)CN(C)C(=O)c1ccc(F)cc1[C@H]1CCCCN1c1cc-2nnc1N. The van der Waals surface area contributed by atoms with Gasteiger partial charge in [-0.3, -0.25) is 9.48 Å². The van der Waals surface area contributed by atoms with Crippen LogP contribution in [0.2, 0.25) is 0 Å². The van der Waals surface area contributed by atoms with E-state index in [1.54, 1.807) is 22.7 Å². The molecule has 2 aliphatic heterocycles. The van der Waals surface area contributed by atoms with E-state index in [4.69, 9.17) is 5.73 Å². The van der Waals surface area contributed by atoms with Crippen molar-refractivity contribution in [3.05, 3.63) is 52.6 Å². The quantitative estimate of drug-likeness (QED) is 0.583. The first-order valence-corrected chi connectivity index (χ1v) is 10.8. The Hall–Kier alpha value is -3.49. The average Bonchev–Trinajstić information content (AvgIpc) is 3.06. The largest absolute Gasteiger partial charge is 0.380 e. The van der Waals surface area contributed by atoms with Crippen molar-refractivity contribution in [1.29, 1.82) is 0 Å². The molecule has 3 aromatic rings. The molecular weight excluding hydrogens is 409 g/mol. The number of nitrogens with zero attached hydrogens (tertiary/aromatic N) is 6. The van der Waals surface area contributed by atoms with E-state index in [1.165, 1.54) is 12.1 Å². The third kappa shape index (κ3) is 3.19. The Morgan fingerprint density at radius 3 is 2.78 bits per heavy atom. The van der Waals surface area contributed by atoms with Crippen molar-refractivity contribution >= 4 is 17.4 Å². The smallest absolute Gasteiger partial charge is 0.254 e. The molecule has 2 bridgehead atoms. The molecule has 0 unspecified atom stereocenters. The van der Waals surface area contributed by atoms with Gasteiger partial charge in [0.05, 0.1) is 29.7 Å². The Balaban J connectivity index is 1.80. The Morgan fingerprint density at radius 2 is 1.97 bits per heavy atom. The third-order valence-corrected chi connectivity index (χ3v) is 6.61. The van der Waals surface area contributed by atoms with Crippen molar-refractivity contribution in [3.63, 3.8) is 0 Å². The summed E-state index contributed by atoms with van der Waals surface area (Å²) >= 11 is 0. The number of carbonyl (C=O) groups excluding carboxylic acids is 1. The molecule has 2 aliphatic rings. The monoisotopic (exact) mass is 435 g/mol. The molecule has 32 heavy (non-hydrogen) atoms. The number of amides is 1. The summed E-state index contributed by atoms with van der Waals surface area (Å²) in [5, 5.41) is 13.3. The zero-order valence-corrected chi connectivity index (χ0v) is 18.5. The topological polar surface area (TPSA) is 93.2 Å². The first-order valence-electron chi connectivity index (χ1n) is 10.8. The fourth-order valence-electron chi connectivity index (χ4n) is 4.91. The van der Waals surface area contributed by atoms with Crippen LogP contribution in [0.15, 0.2) is 24.3 Å². The number of aryl methyl sites for hydroxylation is 1. The highest BCUT2D eigenvalue weighted by atomic mass is 19.1. The van der Waals surface area contributed by atoms with Crippen LogP contribution in [0.3, 0.4) is 0 Å². The Labute approximate surface area is 185 Å². The zero-order valence-electron chi connectivity index (χ0n) is 18.5. The minimum absolute atomic E-state index is 0.164. The third-order valence-electron chi connectivity index (χ3n) is 6.61. The second kappa shape index (κ2) is 7.58. The standard InChI is InChI=1S/C23H26FN7O/c1-13-21-17-11-20(22(25)27-26-17)31-9-5-4-6-19(31)16-10-14(24)7-8-15(16)23(32)29(2)12-18(21)28-30(13)3/h7-8,10-11,19H,4-6,9,12H2,1-3H3,(H2,25,27)/t19-/m1/s1. The van der Waals surface area contributed by atoms with E-state index in [0.29, 0.717) is 29.2 Å². The van der Waals surface area contributed by atoms with Crippen LogP contribution < -0.4 is 10.6 Å². The first kappa shape index (κ1) is 20.4. The van der Waals surface area contributed by atoms with E-state index in [0.717, 1.165) is 48.4 Å². The second-order valence-corrected chi connectivity index (χ2v) is 8.63. The molecule has 9 heteroatoms. The van der Waals surface area contributed by atoms with Crippen molar-refractivity contribution in [3.8, 4) is 11.3 Å². The lowest BCUT2D eigenvalue weighted by atomic mass is 9.90. The number of fused-ring (bicyclic) bond motifs is 8. The van der Waals surface area contributed by atoms with Crippen molar-refractivity contribution < 1.29 is 9.18 Å². The van der Waals surface area contributed by atoms with E-state index in [-0.39, 0.29) is 17.8 Å². The van der Waals surface area contributed by atoms with Gasteiger partial charge < -0.3 is 15.5 Å². The molecule has 0 radical (unpaired) electrons. The molecule has 1 amide bonds. The highest BCUT2D eigenvalue weighted by molar-refractivity contribution is 5.96. The van der Waals surface area contributed by atoms with E-state index < -0.39 is 0 Å². The fraction of sp³-hybridized carbons (Fsp3) is 0.391. The van der Waals surface area contributed by atoms with Crippen LogP contribution in [0, 0.1) is 12.7 Å². The molecule has 1 atom stereocenters. The lowest BCUT2D eigenvalue weighted by Crippen LogP contribution is -2.36. The summed E-state index contributed by atoms with van der Waals surface area (Å²) in [6, 6.07) is 6.20. The van der Waals surface area contributed by atoms with Crippen LogP contribution in [0.5, 0.6) is 0 Å². The summed E-state index contributed by atoms with van der Waals surface area (Å²) < 4.78 is 16.2. The maximum Gasteiger partial charge on any atom is 0.254 e. The average molecular weight is 436 g/mol. The number of aromatic nitrogens is 4. The molecule has 8 nitrogen and oxygen atoms in total. The minimum Gasteiger partial charge on any atom is -0.380 e. The molecule has 2 aromatic heterocycles. The number of rotatable bonds is 0. The van der Waals surface area contributed by atoms with Crippen molar-refractivity contribution in [1.82, 2.24) is 24.9 Å². The maximum absolute atomic E-state index is 14.4. The molecule has 166 valence electrons. The number of anilines is 2. The van der Waals surface area contributed by atoms with Gasteiger partial charge in [0.2, 0.25) is 0 Å². The summed E-state index contributed by atoms with van der Waals surface area (Å²) in [7, 11) is 3.61. The Bertz CT molecular complexity index is 1220. The molecule has 4 heterocycles. The van der Waals surface area contributed by atoms with E-state index >= 15 is 0 Å². The number of benzene rings is 1. The number of hydrogen-bond acceptors (Lipinski definition) is 6. The van der Waals surface area contributed by atoms with Crippen LogP contribution in [0.25, 0.3) is 11.3 Å². The van der Waals surface area contributed by atoms with Gasteiger partial charge >= 0.3 is 0 Å². The molecule has 0 aliphatic carbocycles. The van der Waals surface area contributed by atoms with Gasteiger partial charge in [-0.05, 0) is 56.0 Å². The molecule has 0 saturated carbocycles. The zero-order chi connectivity index (χ0) is 22.6. The lowest BCUT2D eigenvalue weighted by molar-refractivity contribution is 0.0781. The van der Waals surface area contributed by atoms with Gasteiger partial charge in [-0.2, -0.15) is 5.10 Å². The van der Waals surface area contributed by atoms with Crippen LogP contribution in [0.1, 0.15) is 52.6 Å². The summed E-state index contributed by atoms with van der Waals surface area (Å²) in [5.74, 6) is -0.203. The molecular formula is C23H26FN7O. The lowest BCUT2D eigenvalue weighted by Gasteiger charge is -2.39. The van der Waals surface area contributed by atoms with Crippen LogP contribution >= 0.6 is 0 Å². The van der Waals surface area contributed by atoms with Gasteiger partial charge in [0.15, 0.2) is 5.82 Å². The number of nitrogen functional groups attached to an aromatic ring is 1. The van der Waals surface area contributed by atoms with Gasteiger partial charge in [0.1, 0.15) is 5.82 Å². The van der Waals surface area contributed by atoms with Gasteiger partial charge in [0, 0.05) is 37.5 Å². The Kier molecular flexibility index (Phi) is 4.83. The Morgan fingerprint density at radius 1 is 1.16 bits per heavy atom. The molecule has 0 spiro atoms. The summed E-state index contributed by atoms with van der Waals surface area (Å²) in [4.78, 5) is 17.3. The van der Waals surface area contributed by atoms with Crippen molar-refractivity contribution in [2.24, 2.45) is 7.05 Å². The predicted molar refractivity (Wildman–Crippen MR) is 120 cm³/mol. The van der Waals surface area contributed by atoms with Gasteiger partial charge in [0.25, 0.3) is 5.91 Å². The van der Waals surface area contributed by atoms with Crippen molar-refractivity contribution in [2.45, 2.75) is 38.8 Å². The van der Waals surface area contributed by atoms with Gasteiger partial charge in [-0.25, -0.2) is 4.39 Å². The summed E-state index contributed by atoms with van der Waals surface area (Å²) in [6.45, 7) is 3.00. The maximum atomic E-state index is 14.4. The van der Waals surface area contributed by atoms with Crippen LogP contribution in [-0.2, 0) is 13.6 Å². The molecule has 1 saturated heterocycles. The number of nitrogens with two attached hydrogens (primary N) is 1. The summed E-state index contributed by atoms with van der Waals surface area (Å²) in [6.07, 6.45) is 2.75. The molecule has 2 N–H and O–H groups in total.